The molecular formula is C7H7N3O. The SMILES string of the molecule is NC(=O)C1=CN=CC=NC=C1. The maximum absolute atomic E-state index is 10.6. The highest BCUT2D eigenvalue weighted by molar-refractivity contribution is 6.16. The van der Waals surface area contributed by atoms with E-state index in [9.17, 15) is 4.79 Å². The molecule has 4 heteroatoms. The number of nitrogens with two attached hydrogens (primary N) is 1. The molecule has 0 bridgehead atoms. The number of hydrogen-bond donors (Lipinski definition) is 1. The van der Waals surface area contributed by atoms with Gasteiger partial charge in [0.2, 0.25) is 5.91 Å². The molecule has 4 nitrogen and oxygen atoms in total. The van der Waals surface area contributed by atoms with Gasteiger partial charge in [0.1, 0.15) is 0 Å². The van der Waals surface area contributed by atoms with Gasteiger partial charge in [0.15, 0.2) is 0 Å². The molecule has 1 heterocycles. The Hall–Kier alpha value is -1.71. The van der Waals surface area contributed by atoms with Gasteiger partial charge in [0, 0.05) is 24.8 Å². The fraction of sp³-hybridized carbons (Fsp3) is 0. The van der Waals surface area contributed by atoms with Crippen molar-refractivity contribution in [2.75, 3.05) is 0 Å². The lowest BCUT2D eigenvalue weighted by molar-refractivity contribution is -0.114. The molecule has 1 amide bonds. The molecule has 1 aliphatic rings. The summed E-state index contributed by atoms with van der Waals surface area (Å²) in [6, 6.07) is 0. The Morgan fingerprint density at radius 3 is 2.82 bits per heavy atom. The standard InChI is InChI=1S/C7H7N3O/c8-7(11)6-1-2-9-3-4-10-5-6/h1-5H,(H2,8,11). The van der Waals surface area contributed by atoms with Gasteiger partial charge >= 0.3 is 0 Å². The van der Waals surface area contributed by atoms with E-state index < -0.39 is 5.91 Å². The fourth-order valence-corrected chi connectivity index (χ4v) is 0.562. The lowest BCUT2D eigenvalue weighted by atomic mass is 10.2. The van der Waals surface area contributed by atoms with Crippen LogP contribution in [0.25, 0.3) is 0 Å². The minimum Gasteiger partial charge on any atom is -0.366 e. The molecule has 0 aromatic carbocycles. The Labute approximate surface area is 63.8 Å². The van der Waals surface area contributed by atoms with E-state index in [1.54, 1.807) is 0 Å². The largest absolute Gasteiger partial charge is 0.366 e. The third-order valence-electron chi connectivity index (χ3n) is 1.08. The van der Waals surface area contributed by atoms with E-state index in [0.717, 1.165) is 0 Å². The van der Waals surface area contributed by atoms with Gasteiger partial charge in [-0.2, -0.15) is 0 Å². The molecule has 0 radical (unpaired) electrons. The molecule has 0 unspecified atom stereocenters. The molecular weight excluding hydrogens is 142 g/mol. The Bertz CT molecular complexity index is 273. The van der Waals surface area contributed by atoms with E-state index in [1.807, 2.05) is 0 Å². The zero-order valence-electron chi connectivity index (χ0n) is 5.77. The number of nitrogens with zero attached hydrogens (tertiary/aromatic N) is 2. The third kappa shape index (κ3) is 2.17. The maximum Gasteiger partial charge on any atom is 0.250 e. The molecule has 0 aromatic rings. The number of aliphatic imine (C=N–C) groups is 2. The highest BCUT2D eigenvalue weighted by Crippen LogP contribution is 1.97. The smallest absolute Gasteiger partial charge is 0.250 e. The van der Waals surface area contributed by atoms with Gasteiger partial charge in [-0.05, 0) is 6.08 Å². The molecule has 0 spiro atoms. The molecule has 0 saturated heterocycles. The molecule has 1 aliphatic heterocycles. The average Bonchev–Trinajstić information content (AvgIpc) is 1.84. The second-order valence-electron chi connectivity index (χ2n) is 1.86. The Kier molecular flexibility index (Phi) is 2.32. The van der Waals surface area contributed by atoms with Gasteiger partial charge in [-0.3, -0.25) is 14.8 Å². The van der Waals surface area contributed by atoms with E-state index in [2.05, 4.69) is 9.98 Å². The Morgan fingerprint density at radius 2 is 2.09 bits per heavy atom. The lowest BCUT2D eigenvalue weighted by Crippen LogP contribution is -2.12. The number of hydrogen-bond acceptors (Lipinski definition) is 3. The van der Waals surface area contributed by atoms with Crippen molar-refractivity contribution < 1.29 is 4.79 Å². The van der Waals surface area contributed by atoms with Crippen LogP contribution >= 0.6 is 0 Å². The van der Waals surface area contributed by atoms with Crippen LogP contribution in [0, 0.1) is 0 Å². The summed E-state index contributed by atoms with van der Waals surface area (Å²) in [5, 5.41) is 0. The first-order valence-electron chi connectivity index (χ1n) is 3.02. The first-order chi connectivity index (χ1) is 5.30. The Morgan fingerprint density at radius 1 is 1.36 bits per heavy atom. The van der Waals surface area contributed by atoms with Crippen LogP contribution in [0.5, 0.6) is 0 Å². The summed E-state index contributed by atoms with van der Waals surface area (Å²) in [5.74, 6) is -0.504. The lowest BCUT2D eigenvalue weighted by Gasteiger charge is -1.92. The normalized spacial score (nSPS) is 15.5. The van der Waals surface area contributed by atoms with Crippen LogP contribution in [-0.4, -0.2) is 18.3 Å². The van der Waals surface area contributed by atoms with E-state index >= 15 is 0 Å². The molecule has 0 aromatic heterocycles. The average molecular weight is 149 g/mol. The van der Waals surface area contributed by atoms with E-state index in [-0.39, 0.29) is 0 Å². The molecule has 2 N–H and O–H groups in total. The summed E-state index contributed by atoms with van der Waals surface area (Å²) in [6.07, 6.45) is 7.39. The van der Waals surface area contributed by atoms with Crippen molar-refractivity contribution in [2.45, 2.75) is 0 Å². The van der Waals surface area contributed by atoms with Crippen molar-refractivity contribution in [3.8, 4) is 0 Å². The monoisotopic (exact) mass is 149 g/mol. The summed E-state index contributed by atoms with van der Waals surface area (Å²) < 4.78 is 0. The Balaban J connectivity index is 2.87. The van der Waals surface area contributed by atoms with Crippen LogP contribution in [0.2, 0.25) is 0 Å². The van der Waals surface area contributed by atoms with Crippen molar-refractivity contribution in [3.63, 3.8) is 0 Å². The first-order valence-corrected chi connectivity index (χ1v) is 3.02. The zero-order chi connectivity index (χ0) is 8.10. The maximum atomic E-state index is 10.6. The molecule has 1 rings (SSSR count). The molecule has 0 fully saturated rings. The number of primary amides is 1. The van der Waals surface area contributed by atoms with Crippen molar-refractivity contribution >= 4 is 18.3 Å². The summed E-state index contributed by atoms with van der Waals surface area (Å²) in [6.45, 7) is 0. The van der Waals surface area contributed by atoms with Gasteiger partial charge in [-0.25, -0.2) is 0 Å². The molecule has 11 heavy (non-hydrogen) atoms. The van der Waals surface area contributed by atoms with E-state index in [4.69, 9.17) is 5.73 Å². The van der Waals surface area contributed by atoms with Crippen molar-refractivity contribution in [1.82, 2.24) is 0 Å². The van der Waals surface area contributed by atoms with Crippen molar-refractivity contribution in [1.29, 1.82) is 0 Å². The first kappa shape index (κ1) is 7.40. The molecule has 0 saturated carbocycles. The van der Waals surface area contributed by atoms with Crippen molar-refractivity contribution in [3.05, 3.63) is 24.0 Å². The van der Waals surface area contributed by atoms with E-state index in [1.165, 1.54) is 30.9 Å². The van der Waals surface area contributed by atoms with Crippen LogP contribution < -0.4 is 5.73 Å². The number of amides is 1. The van der Waals surface area contributed by atoms with Gasteiger partial charge < -0.3 is 5.73 Å². The number of rotatable bonds is 1. The highest BCUT2D eigenvalue weighted by Gasteiger charge is 1.98. The minimum atomic E-state index is -0.504. The highest BCUT2D eigenvalue weighted by atomic mass is 16.1. The second-order valence-corrected chi connectivity index (χ2v) is 1.86. The van der Waals surface area contributed by atoms with Crippen LogP contribution in [-0.2, 0) is 4.79 Å². The summed E-state index contributed by atoms with van der Waals surface area (Å²) in [7, 11) is 0. The van der Waals surface area contributed by atoms with Crippen LogP contribution in [0.15, 0.2) is 34.0 Å². The molecule has 56 valence electrons. The topological polar surface area (TPSA) is 67.8 Å². The molecule has 0 atom stereocenters. The predicted molar refractivity (Wildman–Crippen MR) is 43.4 cm³/mol. The number of carbonyl (C=O) groups excluding carboxylic acids is 1. The summed E-state index contributed by atoms with van der Waals surface area (Å²) >= 11 is 0. The summed E-state index contributed by atoms with van der Waals surface area (Å²) in [4.78, 5) is 18.1. The van der Waals surface area contributed by atoms with Crippen LogP contribution in [0.1, 0.15) is 0 Å². The van der Waals surface area contributed by atoms with Gasteiger partial charge in [-0.1, -0.05) is 0 Å². The van der Waals surface area contributed by atoms with E-state index in [0.29, 0.717) is 5.57 Å². The van der Waals surface area contributed by atoms with Gasteiger partial charge in [0.25, 0.3) is 0 Å². The van der Waals surface area contributed by atoms with Gasteiger partial charge in [-0.15, -0.1) is 0 Å². The second kappa shape index (κ2) is 3.46. The summed E-state index contributed by atoms with van der Waals surface area (Å²) in [5.41, 5.74) is 5.35. The van der Waals surface area contributed by atoms with Crippen LogP contribution in [0.4, 0.5) is 0 Å². The predicted octanol–water partition coefficient (Wildman–Crippen LogP) is 0.0245. The zero-order valence-corrected chi connectivity index (χ0v) is 5.77. The minimum absolute atomic E-state index is 0.345. The van der Waals surface area contributed by atoms with Gasteiger partial charge in [0.05, 0.1) is 5.57 Å². The van der Waals surface area contributed by atoms with Crippen molar-refractivity contribution in [2.24, 2.45) is 15.7 Å². The quantitative estimate of drug-likeness (QED) is 0.561. The number of carbonyl (C=O) groups is 1. The third-order valence-corrected chi connectivity index (χ3v) is 1.08. The van der Waals surface area contributed by atoms with Crippen LogP contribution in [0.3, 0.4) is 0 Å². The fourth-order valence-electron chi connectivity index (χ4n) is 0.562. The molecule has 0 aliphatic carbocycles.